The zero-order chi connectivity index (χ0) is 16.5. The smallest absolute Gasteiger partial charge is 0.248 e. The number of nitrogens with one attached hydrogen (secondary N) is 1. The van der Waals surface area contributed by atoms with Crippen molar-refractivity contribution in [1.29, 1.82) is 0 Å². The molecule has 4 heteroatoms. The van der Waals surface area contributed by atoms with Crippen molar-refractivity contribution in [3.8, 4) is 5.75 Å². The summed E-state index contributed by atoms with van der Waals surface area (Å²) < 4.78 is 10.6. The lowest BCUT2D eigenvalue weighted by Gasteiger charge is -2.07. The van der Waals surface area contributed by atoms with Crippen molar-refractivity contribution in [3.63, 3.8) is 0 Å². The number of methoxy groups -OCH3 is 1. The van der Waals surface area contributed by atoms with Crippen LogP contribution in [0.2, 0.25) is 0 Å². The Hall–Kier alpha value is -2.59. The Balaban J connectivity index is 2.03. The summed E-state index contributed by atoms with van der Waals surface area (Å²) in [6.07, 6.45) is 3.25. The molecule has 120 valence electrons. The average Bonchev–Trinajstić information content (AvgIpc) is 2.55. The molecule has 2 aromatic carbocycles. The minimum atomic E-state index is -0.189. The standard InChI is InChI=1S/C19H21NO3/c1-3-23-18-10-5-4-8-16(18)11-12-19(21)20-17-9-6-7-15(13-17)14-22-2/h4-13H,3,14H2,1-2H3,(H,20,21)/b12-11+. The number of ether oxygens (including phenoxy) is 2. The number of hydrogen-bond acceptors (Lipinski definition) is 3. The highest BCUT2D eigenvalue weighted by Gasteiger charge is 2.02. The molecule has 0 aliphatic rings. The summed E-state index contributed by atoms with van der Waals surface area (Å²) in [5, 5.41) is 2.84. The van der Waals surface area contributed by atoms with E-state index in [4.69, 9.17) is 9.47 Å². The highest BCUT2D eigenvalue weighted by Crippen LogP contribution is 2.19. The molecule has 0 aliphatic carbocycles. The van der Waals surface area contributed by atoms with Crippen molar-refractivity contribution in [2.75, 3.05) is 19.0 Å². The number of anilines is 1. The predicted molar refractivity (Wildman–Crippen MR) is 92.4 cm³/mol. The summed E-state index contributed by atoms with van der Waals surface area (Å²) >= 11 is 0. The first-order valence-corrected chi connectivity index (χ1v) is 7.51. The zero-order valence-electron chi connectivity index (χ0n) is 13.4. The molecule has 0 radical (unpaired) electrons. The monoisotopic (exact) mass is 311 g/mol. The summed E-state index contributed by atoms with van der Waals surface area (Å²) in [6.45, 7) is 3.03. The van der Waals surface area contributed by atoms with Gasteiger partial charge in [0.15, 0.2) is 0 Å². The zero-order valence-corrected chi connectivity index (χ0v) is 13.4. The SMILES string of the molecule is CCOc1ccccc1/C=C/C(=O)Nc1cccc(COC)c1. The van der Waals surface area contributed by atoms with Gasteiger partial charge in [-0.25, -0.2) is 0 Å². The molecule has 2 aromatic rings. The van der Waals surface area contributed by atoms with Gasteiger partial charge in [0.2, 0.25) is 5.91 Å². The summed E-state index contributed by atoms with van der Waals surface area (Å²) in [6, 6.07) is 15.2. The van der Waals surface area contributed by atoms with Gasteiger partial charge in [0.25, 0.3) is 0 Å². The first-order valence-electron chi connectivity index (χ1n) is 7.51. The molecule has 4 nitrogen and oxygen atoms in total. The van der Waals surface area contributed by atoms with Crippen LogP contribution in [0.5, 0.6) is 5.75 Å². The highest BCUT2D eigenvalue weighted by molar-refractivity contribution is 6.02. The van der Waals surface area contributed by atoms with Gasteiger partial charge in [-0.1, -0.05) is 30.3 Å². The van der Waals surface area contributed by atoms with E-state index in [1.54, 1.807) is 13.2 Å². The Morgan fingerprint density at radius 2 is 2.00 bits per heavy atom. The third-order valence-corrected chi connectivity index (χ3v) is 3.14. The van der Waals surface area contributed by atoms with Gasteiger partial charge in [-0.2, -0.15) is 0 Å². The molecule has 1 amide bonds. The van der Waals surface area contributed by atoms with E-state index in [1.807, 2.05) is 55.5 Å². The Morgan fingerprint density at radius 3 is 2.78 bits per heavy atom. The van der Waals surface area contributed by atoms with Gasteiger partial charge in [0.1, 0.15) is 5.75 Å². The molecule has 0 aliphatic heterocycles. The number of rotatable bonds is 7. The van der Waals surface area contributed by atoms with Crippen molar-refractivity contribution in [1.82, 2.24) is 0 Å². The number of carbonyl (C=O) groups is 1. The maximum absolute atomic E-state index is 12.1. The fourth-order valence-corrected chi connectivity index (χ4v) is 2.16. The Labute approximate surface area is 136 Å². The summed E-state index contributed by atoms with van der Waals surface area (Å²) in [5.41, 5.74) is 2.63. The number of para-hydroxylation sites is 1. The third kappa shape index (κ3) is 5.27. The molecular weight excluding hydrogens is 290 g/mol. The van der Waals surface area contributed by atoms with Crippen LogP contribution in [-0.2, 0) is 16.1 Å². The number of amides is 1. The van der Waals surface area contributed by atoms with E-state index in [-0.39, 0.29) is 5.91 Å². The molecule has 23 heavy (non-hydrogen) atoms. The van der Waals surface area contributed by atoms with Gasteiger partial charge in [0.05, 0.1) is 13.2 Å². The second-order valence-electron chi connectivity index (χ2n) is 4.93. The summed E-state index contributed by atoms with van der Waals surface area (Å²) in [4.78, 5) is 12.1. The van der Waals surface area contributed by atoms with Gasteiger partial charge in [-0.15, -0.1) is 0 Å². The van der Waals surface area contributed by atoms with Crippen LogP contribution in [0.3, 0.4) is 0 Å². The maximum Gasteiger partial charge on any atom is 0.248 e. The minimum Gasteiger partial charge on any atom is -0.493 e. The van der Waals surface area contributed by atoms with Gasteiger partial charge in [0, 0.05) is 24.4 Å². The van der Waals surface area contributed by atoms with Crippen LogP contribution in [0.4, 0.5) is 5.69 Å². The number of benzene rings is 2. The lowest BCUT2D eigenvalue weighted by Crippen LogP contribution is -2.08. The van der Waals surface area contributed by atoms with Crippen LogP contribution in [0, 0.1) is 0 Å². The van der Waals surface area contributed by atoms with Crippen molar-refractivity contribution < 1.29 is 14.3 Å². The van der Waals surface area contributed by atoms with E-state index in [0.29, 0.717) is 13.2 Å². The average molecular weight is 311 g/mol. The van der Waals surface area contributed by atoms with Gasteiger partial charge >= 0.3 is 0 Å². The van der Waals surface area contributed by atoms with Crippen LogP contribution in [0.25, 0.3) is 6.08 Å². The first kappa shape index (κ1) is 16.8. The van der Waals surface area contributed by atoms with Crippen molar-refractivity contribution in [3.05, 3.63) is 65.7 Å². The normalized spacial score (nSPS) is 10.7. The lowest BCUT2D eigenvalue weighted by atomic mass is 10.2. The lowest BCUT2D eigenvalue weighted by molar-refractivity contribution is -0.111. The predicted octanol–water partition coefficient (Wildman–Crippen LogP) is 3.88. The molecule has 0 bridgehead atoms. The fourth-order valence-electron chi connectivity index (χ4n) is 2.16. The second-order valence-corrected chi connectivity index (χ2v) is 4.93. The molecular formula is C19H21NO3. The molecule has 1 N–H and O–H groups in total. The van der Waals surface area contributed by atoms with Crippen LogP contribution < -0.4 is 10.1 Å². The molecule has 0 fully saturated rings. The molecule has 0 saturated carbocycles. The first-order chi connectivity index (χ1) is 11.2. The fraction of sp³-hybridized carbons (Fsp3) is 0.211. The topological polar surface area (TPSA) is 47.6 Å². The molecule has 0 saturated heterocycles. The number of carbonyl (C=O) groups excluding carboxylic acids is 1. The molecule has 0 spiro atoms. The maximum atomic E-state index is 12.1. The van der Waals surface area contributed by atoms with E-state index in [0.717, 1.165) is 22.6 Å². The van der Waals surface area contributed by atoms with Crippen molar-refractivity contribution in [2.24, 2.45) is 0 Å². The second kappa shape index (κ2) is 8.76. The highest BCUT2D eigenvalue weighted by atomic mass is 16.5. The van der Waals surface area contributed by atoms with Gasteiger partial charge < -0.3 is 14.8 Å². The summed E-state index contributed by atoms with van der Waals surface area (Å²) in [5.74, 6) is 0.576. The van der Waals surface area contributed by atoms with Crippen LogP contribution in [0.1, 0.15) is 18.1 Å². The number of hydrogen-bond donors (Lipinski definition) is 1. The summed E-state index contributed by atoms with van der Waals surface area (Å²) in [7, 11) is 1.64. The van der Waals surface area contributed by atoms with Gasteiger partial charge in [-0.3, -0.25) is 4.79 Å². The third-order valence-electron chi connectivity index (χ3n) is 3.14. The Kier molecular flexibility index (Phi) is 6.39. The van der Waals surface area contributed by atoms with E-state index in [1.165, 1.54) is 6.08 Å². The Bertz CT molecular complexity index is 680. The van der Waals surface area contributed by atoms with Crippen molar-refractivity contribution in [2.45, 2.75) is 13.5 Å². The van der Waals surface area contributed by atoms with Gasteiger partial charge in [-0.05, 0) is 36.8 Å². The molecule has 0 aromatic heterocycles. The Morgan fingerprint density at radius 1 is 1.17 bits per heavy atom. The van der Waals surface area contributed by atoms with E-state index < -0.39 is 0 Å². The van der Waals surface area contributed by atoms with E-state index >= 15 is 0 Å². The minimum absolute atomic E-state index is 0.189. The van der Waals surface area contributed by atoms with Crippen LogP contribution in [0.15, 0.2) is 54.6 Å². The van der Waals surface area contributed by atoms with Crippen LogP contribution in [-0.4, -0.2) is 19.6 Å². The molecule has 0 heterocycles. The largest absolute Gasteiger partial charge is 0.493 e. The molecule has 0 unspecified atom stereocenters. The van der Waals surface area contributed by atoms with Crippen molar-refractivity contribution >= 4 is 17.7 Å². The van der Waals surface area contributed by atoms with Crippen LogP contribution >= 0.6 is 0 Å². The molecule has 2 rings (SSSR count). The quantitative estimate of drug-likeness (QED) is 0.789. The van der Waals surface area contributed by atoms with E-state index in [2.05, 4.69) is 5.32 Å². The van der Waals surface area contributed by atoms with E-state index in [9.17, 15) is 4.79 Å². The molecule has 0 atom stereocenters.